The number of ether oxygens (including phenoxy) is 1. The zero-order valence-electron chi connectivity index (χ0n) is 12.6. The van der Waals surface area contributed by atoms with Crippen LogP contribution in [-0.4, -0.2) is 15.9 Å². The van der Waals surface area contributed by atoms with Crippen LogP contribution in [-0.2, 0) is 0 Å². The van der Waals surface area contributed by atoms with Gasteiger partial charge in [-0.3, -0.25) is 9.78 Å². The first-order valence-corrected chi connectivity index (χ1v) is 7.17. The molecule has 1 aromatic carbocycles. The average Bonchev–Trinajstić information content (AvgIpc) is 2.63. The predicted molar refractivity (Wildman–Crippen MR) is 90.9 cm³/mol. The summed E-state index contributed by atoms with van der Waals surface area (Å²) in [5.74, 6) is 3.51. The zero-order valence-corrected chi connectivity index (χ0v) is 12.6. The van der Waals surface area contributed by atoms with Crippen LogP contribution in [0.15, 0.2) is 67.0 Å². The van der Waals surface area contributed by atoms with Gasteiger partial charge in [-0.05, 0) is 36.4 Å². The molecule has 0 aliphatic rings. The van der Waals surface area contributed by atoms with Gasteiger partial charge in [0.1, 0.15) is 11.6 Å². The lowest BCUT2D eigenvalue weighted by atomic mass is 10.1. The minimum Gasteiger partial charge on any atom is -0.437 e. The first-order valence-electron chi connectivity index (χ1n) is 7.17. The molecule has 0 saturated carbocycles. The van der Waals surface area contributed by atoms with Crippen molar-refractivity contribution in [1.82, 2.24) is 9.97 Å². The minimum atomic E-state index is -0.293. The van der Waals surface area contributed by atoms with Crippen LogP contribution in [0.2, 0.25) is 0 Å². The van der Waals surface area contributed by atoms with Crippen LogP contribution < -0.4 is 10.1 Å². The Morgan fingerprint density at radius 3 is 2.79 bits per heavy atom. The highest BCUT2D eigenvalue weighted by Gasteiger charge is 2.08. The third kappa shape index (κ3) is 3.76. The fraction of sp³-hybridized carbons (Fsp3) is 0. The van der Waals surface area contributed by atoms with E-state index in [1.807, 2.05) is 0 Å². The number of hydrogen-bond donors (Lipinski definition) is 1. The van der Waals surface area contributed by atoms with Crippen molar-refractivity contribution in [2.75, 3.05) is 5.32 Å². The molecule has 0 radical (unpaired) electrons. The van der Waals surface area contributed by atoms with Crippen molar-refractivity contribution in [1.29, 1.82) is 0 Å². The quantitative estimate of drug-likeness (QED) is 0.748. The summed E-state index contributed by atoms with van der Waals surface area (Å²) in [7, 11) is 0. The fourth-order valence-corrected chi connectivity index (χ4v) is 2.01. The Bertz CT molecular complexity index is 902. The van der Waals surface area contributed by atoms with Gasteiger partial charge in [-0.25, -0.2) is 0 Å². The molecule has 0 aliphatic heterocycles. The Morgan fingerprint density at radius 2 is 2.00 bits per heavy atom. The van der Waals surface area contributed by atoms with Crippen molar-refractivity contribution in [3.05, 3.63) is 78.1 Å². The third-order valence-corrected chi connectivity index (χ3v) is 3.11. The van der Waals surface area contributed by atoms with Crippen LogP contribution in [0.3, 0.4) is 0 Å². The van der Waals surface area contributed by atoms with Gasteiger partial charge >= 0.3 is 0 Å². The second-order valence-electron chi connectivity index (χ2n) is 4.83. The van der Waals surface area contributed by atoms with Crippen LogP contribution in [0.1, 0.15) is 15.9 Å². The van der Waals surface area contributed by atoms with Crippen molar-refractivity contribution < 1.29 is 9.53 Å². The van der Waals surface area contributed by atoms with Crippen LogP contribution in [0.4, 0.5) is 5.82 Å². The molecular weight excluding hydrogens is 302 g/mol. The molecule has 2 heterocycles. The van der Waals surface area contributed by atoms with Gasteiger partial charge in [0.15, 0.2) is 0 Å². The number of anilines is 1. The van der Waals surface area contributed by atoms with Crippen molar-refractivity contribution in [3.63, 3.8) is 0 Å². The van der Waals surface area contributed by atoms with Gasteiger partial charge in [0, 0.05) is 23.4 Å². The topological polar surface area (TPSA) is 64.1 Å². The lowest BCUT2D eigenvalue weighted by molar-refractivity contribution is 0.102. The number of aromatic nitrogens is 2. The summed E-state index contributed by atoms with van der Waals surface area (Å²) in [6.45, 7) is 0. The highest BCUT2D eigenvalue weighted by Crippen LogP contribution is 2.19. The Kier molecular flexibility index (Phi) is 4.50. The van der Waals surface area contributed by atoms with Gasteiger partial charge in [-0.1, -0.05) is 18.1 Å². The number of terminal acetylenes is 1. The second kappa shape index (κ2) is 7.07. The molecule has 5 heteroatoms. The smallest absolute Gasteiger partial charge is 0.256 e. The largest absolute Gasteiger partial charge is 0.437 e. The summed E-state index contributed by atoms with van der Waals surface area (Å²) >= 11 is 0. The van der Waals surface area contributed by atoms with E-state index in [4.69, 9.17) is 11.2 Å². The fourth-order valence-electron chi connectivity index (χ4n) is 2.01. The molecule has 2 aromatic heterocycles. The van der Waals surface area contributed by atoms with E-state index in [1.165, 1.54) is 0 Å². The van der Waals surface area contributed by atoms with E-state index in [1.54, 1.807) is 67.0 Å². The Labute approximate surface area is 139 Å². The SMILES string of the molecule is C#Cc1cccc(C(=O)Nc2cccc(Oc3cccnc3)n2)c1. The summed E-state index contributed by atoms with van der Waals surface area (Å²) < 4.78 is 5.59. The van der Waals surface area contributed by atoms with Gasteiger partial charge in [0.05, 0.1) is 6.20 Å². The van der Waals surface area contributed by atoms with Gasteiger partial charge < -0.3 is 10.1 Å². The number of carbonyl (C=O) groups is 1. The van der Waals surface area contributed by atoms with E-state index in [0.717, 1.165) is 0 Å². The van der Waals surface area contributed by atoms with Crippen molar-refractivity contribution >= 4 is 11.7 Å². The molecular formula is C19H13N3O2. The van der Waals surface area contributed by atoms with E-state index in [-0.39, 0.29) is 5.91 Å². The van der Waals surface area contributed by atoms with Crippen LogP contribution in [0.25, 0.3) is 0 Å². The lowest BCUT2D eigenvalue weighted by Crippen LogP contribution is -2.13. The molecule has 0 saturated heterocycles. The van der Waals surface area contributed by atoms with Gasteiger partial charge in [-0.2, -0.15) is 4.98 Å². The van der Waals surface area contributed by atoms with Crippen molar-refractivity contribution in [2.45, 2.75) is 0 Å². The highest BCUT2D eigenvalue weighted by molar-refractivity contribution is 6.04. The van der Waals surface area contributed by atoms with Crippen LogP contribution in [0.5, 0.6) is 11.6 Å². The Hall–Kier alpha value is -3.65. The maximum absolute atomic E-state index is 12.3. The maximum Gasteiger partial charge on any atom is 0.256 e. The Balaban J connectivity index is 1.74. The van der Waals surface area contributed by atoms with Gasteiger partial charge in [-0.15, -0.1) is 6.42 Å². The molecule has 1 amide bonds. The molecule has 3 rings (SSSR count). The van der Waals surface area contributed by atoms with Crippen molar-refractivity contribution in [2.24, 2.45) is 0 Å². The number of benzene rings is 1. The molecule has 116 valence electrons. The van der Waals surface area contributed by atoms with Crippen LogP contribution in [0, 0.1) is 12.3 Å². The summed E-state index contributed by atoms with van der Waals surface area (Å²) in [6.07, 6.45) is 8.58. The first kappa shape index (κ1) is 15.3. The lowest BCUT2D eigenvalue weighted by Gasteiger charge is -2.08. The van der Waals surface area contributed by atoms with E-state index >= 15 is 0 Å². The molecule has 0 fully saturated rings. The number of pyridine rings is 2. The van der Waals surface area contributed by atoms with E-state index < -0.39 is 0 Å². The number of rotatable bonds is 4. The molecule has 3 aromatic rings. The Morgan fingerprint density at radius 1 is 1.12 bits per heavy atom. The van der Waals surface area contributed by atoms with E-state index in [9.17, 15) is 4.79 Å². The van der Waals surface area contributed by atoms with Gasteiger partial charge in [0.2, 0.25) is 5.88 Å². The average molecular weight is 315 g/mol. The standard InChI is InChI=1S/C19H13N3O2/c1-2-14-6-3-7-15(12-14)19(23)22-17-9-4-10-18(21-17)24-16-8-5-11-20-13-16/h1,3-13H,(H,21,22,23). The summed E-state index contributed by atoms with van der Waals surface area (Å²) in [5, 5.41) is 2.72. The normalized spacial score (nSPS) is 9.79. The molecule has 24 heavy (non-hydrogen) atoms. The number of nitrogens with zero attached hydrogens (tertiary/aromatic N) is 2. The summed E-state index contributed by atoms with van der Waals surface area (Å²) in [4.78, 5) is 20.5. The molecule has 0 atom stereocenters. The van der Waals surface area contributed by atoms with Gasteiger partial charge in [0.25, 0.3) is 5.91 Å². The minimum absolute atomic E-state index is 0.293. The molecule has 1 N–H and O–H groups in total. The first-order chi connectivity index (χ1) is 11.7. The molecule has 0 unspecified atom stereocenters. The zero-order chi connectivity index (χ0) is 16.8. The number of amides is 1. The van der Waals surface area contributed by atoms with Crippen LogP contribution >= 0.6 is 0 Å². The van der Waals surface area contributed by atoms with E-state index in [2.05, 4.69) is 21.2 Å². The van der Waals surface area contributed by atoms with E-state index in [0.29, 0.717) is 28.6 Å². The second-order valence-corrected chi connectivity index (χ2v) is 4.83. The maximum atomic E-state index is 12.3. The summed E-state index contributed by atoms with van der Waals surface area (Å²) in [6, 6.07) is 15.5. The molecule has 0 bridgehead atoms. The number of carbonyl (C=O) groups excluding carboxylic acids is 1. The molecule has 5 nitrogen and oxygen atoms in total. The third-order valence-electron chi connectivity index (χ3n) is 3.11. The monoisotopic (exact) mass is 315 g/mol. The summed E-state index contributed by atoms with van der Waals surface area (Å²) in [5.41, 5.74) is 1.11. The highest BCUT2D eigenvalue weighted by atomic mass is 16.5. The number of nitrogens with one attached hydrogen (secondary N) is 1. The molecule has 0 spiro atoms. The number of hydrogen-bond acceptors (Lipinski definition) is 4. The van der Waals surface area contributed by atoms with Crippen molar-refractivity contribution in [3.8, 4) is 24.0 Å². The molecule has 0 aliphatic carbocycles. The predicted octanol–water partition coefficient (Wildman–Crippen LogP) is 3.50.